The van der Waals surface area contributed by atoms with Crippen LogP contribution >= 0.6 is 11.6 Å². The Balaban J connectivity index is 2.40. The van der Waals surface area contributed by atoms with E-state index in [9.17, 15) is 13.2 Å². The van der Waals surface area contributed by atoms with Gasteiger partial charge in [-0.2, -0.15) is 0 Å². The number of benzene rings is 2. The zero-order valence-corrected chi connectivity index (χ0v) is 12.7. The Hall–Kier alpha value is -2.05. The first-order chi connectivity index (χ1) is 9.79. The Morgan fingerprint density at radius 1 is 1.19 bits per heavy atom. The quantitative estimate of drug-likeness (QED) is 0.905. The van der Waals surface area contributed by atoms with Crippen LogP contribution in [0.2, 0.25) is 5.02 Å². The van der Waals surface area contributed by atoms with Crippen LogP contribution in [-0.2, 0) is 10.0 Å². The van der Waals surface area contributed by atoms with Gasteiger partial charge in [-0.3, -0.25) is 9.52 Å². The van der Waals surface area contributed by atoms with Crippen LogP contribution in [0.25, 0.3) is 0 Å². The van der Waals surface area contributed by atoms with Gasteiger partial charge in [0.15, 0.2) is 0 Å². The van der Waals surface area contributed by atoms with E-state index in [0.29, 0.717) is 16.3 Å². The van der Waals surface area contributed by atoms with Crippen molar-refractivity contribution < 1.29 is 13.2 Å². The molecule has 2 aromatic carbocycles. The fourth-order valence-electron chi connectivity index (χ4n) is 1.80. The van der Waals surface area contributed by atoms with E-state index in [1.807, 2.05) is 0 Å². The predicted molar refractivity (Wildman–Crippen MR) is 82.0 cm³/mol. The average Bonchev–Trinajstić information content (AvgIpc) is 2.38. The summed E-state index contributed by atoms with van der Waals surface area (Å²) in [4.78, 5) is 11.3. The summed E-state index contributed by atoms with van der Waals surface area (Å²) in [6.07, 6.45) is 0. The number of hydrogen-bond donors (Lipinski definition) is 2. The second-order valence-electron chi connectivity index (χ2n) is 4.46. The zero-order valence-electron chi connectivity index (χ0n) is 11.1. The third kappa shape index (κ3) is 3.53. The molecular formula is C14H13ClN2O3S. The molecule has 0 radical (unpaired) electrons. The molecule has 0 unspecified atom stereocenters. The molecule has 0 atom stereocenters. The number of rotatable bonds is 4. The van der Waals surface area contributed by atoms with Gasteiger partial charge in [0.1, 0.15) is 0 Å². The van der Waals surface area contributed by atoms with Crippen molar-refractivity contribution in [3.05, 3.63) is 58.6 Å². The molecule has 1 amide bonds. The second kappa shape index (κ2) is 5.75. The fraction of sp³-hybridized carbons (Fsp3) is 0.0714. The minimum absolute atomic E-state index is 0.0399. The molecule has 110 valence electrons. The summed E-state index contributed by atoms with van der Waals surface area (Å²) in [6, 6.07) is 10.5. The van der Waals surface area contributed by atoms with Crippen molar-refractivity contribution in [1.29, 1.82) is 0 Å². The number of halogens is 1. The van der Waals surface area contributed by atoms with Crippen LogP contribution in [0.5, 0.6) is 0 Å². The van der Waals surface area contributed by atoms with Gasteiger partial charge < -0.3 is 5.73 Å². The molecule has 5 nitrogen and oxygen atoms in total. The number of carbonyl (C=O) groups is 1. The first-order valence-electron chi connectivity index (χ1n) is 5.98. The highest BCUT2D eigenvalue weighted by molar-refractivity contribution is 7.92. The molecule has 0 saturated carbocycles. The molecule has 3 N–H and O–H groups in total. The highest BCUT2D eigenvalue weighted by Crippen LogP contribution is 2.21. The maximum atomic E-state index is 12.3. The highest BCUT2D eigenvalue weighted by Gasteiger charge is 2.17. The molecule has 0 heterocycles. The summed E-state index contributed by atoms with van der Waals surface area (Å²) >= 11 is 5.81. The molecule has 0 aliphatic rings. The largest absolute Gasteiger partial charge is 0.366 e. The van der Waals surface area contributed by atoms with Crippen molar-refractivity contribution in [2.75, 3.05) is 4.72 Å². The molecule has 0 fully saturated rings. The van der Waals surface area contributed by atoms with Crippen LogP contribution in [0.3, 0.4) is 0 Å². The first-order valence-corrected chi connectivity index (χ1v) is 7.84. The van der Waals surface area contributed by atoms with Gasteiger partial charge in [-0.25, -0.2) is 8.42 Å². The van der Waals surface area contributed by atoms with Gasteiger partial charge in [-0.05, 0) is 42.8 Å². The summed E-state index contributed by atoms with van der Waals surface area (Å²) in [6.45, 7) is 1.68. The lowest BCUT2D eigenvalue weighted by atomic mass is 10.1. The maximum Gasteiger partial charge on any atom is 0.261 e. The summed E-state index contributed by atoms with van der Waals surface area (Å²) in [5, 5.41) is 0.414. The Morgan fingerprint density at radius 3 is 2.52 bits per heavy atom. The normalized spacial score (nSPS) is 11.1. The van der Waals surface area contributed by atoms with Crippen LogP contribution in [-0.4, -0.2) is 14.3 Å². The molecule has 0 saturated heterocycles. The van der Waals surface area contributed by atoms with Gasteiger partial charge in [0.25, 0.3) is 10.0 Å². The molecular weight excluding hydrogens is 312 g/mol. The Bertz CT molecular complexity index is 804. The molecule has 0 bridgehead atoms. The fourth-order valence-corrected chi connectivity index (χ4v) is 3.07. The number of nitrogens with two attached hydrogens (primary N) is 1. The zero-order chi connectivity index (χ0) is 15.6. The number of carbonyl (C=O) groups excluding carboxylic acids is 1. The van der Waals surface area contributed by atoms with Gasteiger partial charge >= 0.3 is 0 Å². The number of anilines is 1. The van der Waals surface area contributed by atoms with Crippen LogP contribution < -0.4 is 10.5 Å². The monoisotopic (exact) mass is 324 g/mol. The topological polar surface area (TPSA) is 89.3 Å². The number of primary amides is 1. The Morgan fingerprint density at radius 2 is 1.90 bits per heavy atom. The smallest absolute Gasteiger partial charge is 0.261 e. The molecule has 0 aliphatic heterocycles. The number of nitrogens with one attached hydrogen (secondary N) is 1. The van der Waals surface area contributed by atoms with E-state index in [1.165, 1.54) is 24.3 Å². The first kappa shape index (κ1) is 15.3. The lowest BCUT2D eigenvalue weighted by molar-refractivity contribution is 0.0999. The van der Waals surface area contributed by atoms with Crippen LogP contribution in [0, 0.1) is 6.92 Å². The van der Waals surface area contributed by atoms with Crippen molar-refractivity contribution in [1.82, 2.24) is 0 Å². The van der Waals surface area contributed by atoms with Gasteiger partial charge in [-0.1, -0.05) is 23.7 Å². The van der Waals surface area contributed by atoms with E-state index in [2.05, 4.69) is 4.72 Å². The van der Waals surface area contributed by atoms with Gasteiger partial charge in [0.05, 0.1) is 10.6 Å². The summed E-state index contributed by atoms with van der Waals surface area (Å²) < 4.78 is 27.0. The number of hydrogen-bond acceptors (Lipinski definition) is 3. The lowest BCUT2D eigenvalue weighted by Crippen LogP contribution is -2.17. The summed E-state index contributed by atoms with van der Waals surface area (Å²) in [5.74, 6) is -0.674. The third-order valence-electron chi connectivity index (χ3n) is 2.86. The predicted octanol–water partition coefficient (Wildman–Crippen LogP) is 2.55. The Labute approximate surface area is 127 Å². The molecule has 2 aromatic rings. The second-order valence-corrected chi connectivity index (χ2v) is 6.58. The lowest BCUT2D eigenvalue weighted by Gasteiger charge is -2.10. The van der Waals surface area contributed by atoms with E-state index >= 15 is 0 Å². The van der Waals surface area contributed by atoms with Crippen molar-refractivity contribution >= 4 is 33.2 Å². The van der Waals surface area contributed by atoms with Crippen molar-refractivity contribution in [3.8, 4) is 0 Å². The SMILES string of the molecule is Cc1ccc(S(=O)(=O)Nc2cccc(Cl)c2)cc1C(N)=O. The standard InChI is InChI=1S/C14H13ClN2O3S/c1-9-5-6-12(8-13(9)14(16)18)21(19,20)17-11-4-2-3-10(15)7-11/h2-8,17H,1H3,(H2,16,18). The van der Waals surface area contributed by atoms with Gasteiger partial charge in [-0.15, -0.1) is 0 Å². The number of sulfonamides is 1. The number of aryl methyl sites for hydroxylation is 1. The van der Waals surface area contributed by atoms with E-state index in [-0.39, 0.29) is 10.5 Å². The van der Waals surface area contributed by atoms with Crippen LogP contribution in [0.4, 0.5) is 5.69 Å². The van der Waals surface area contributed by atoms with Crippen LogP contribution in [0.15, 0.2) is 47.4 Å². The molecule has 0 aromatic heterocycles. The summed E-state index contributed by atoms with van der Waals surface area (Å²) in [5.41, 5.74) is 6.35. The maximum absolute atomic E-state index is 12.3. The highest BCUT2D eigenvalue weighted by atomic mass is 35.5. The molecule has 0 spiro atoms. The Kier molecular flexibility index (Phi) is 4.20. The number of amides is 1. The van der Waals surface area contributed by atoms with Crippen molar-refractivity contribution in [2.24, 2.45) is 5.73 Å². The molecule has 0 aliphatic carbocycles. The van der Waals surface area contributed by atoms with Crippen molar-refractivity contribution in [2.45, 2.75) is 11.8 Å². The van der Waals surface area contributed by atoms with E-state index in [4.69, 9.17) is 17.3 Å². The van der Waals surface area contributed by atoms with E-state index in [0.717, 1.165) is 0 Å². The molecule has 2 rings (SSSR count). The van der Waals surface area contributed by atoms with Crippen molar-refractivity contribution in [3.63, 3.8) is 0 Å². The summed E-state index contributed by atoms with van der Waals surface area (Å²) in [7, 11) is -3.82. The van der Waals surface area contributed by atoms with Crippen LogP contribution in [0.1, 0.15) is 15.9 Å². The van der Waals surface area contributed by atoms with Gasteiger partial charge in [0, 0.05) is 10.6 Å². The molecule has 7 heteroatoms. The minimum Gasteiger partial charge on any atom is -0.366 e. The average molecular weight is 325 g/mol. The van der Waals surface area contributed by atoms with E-state index < -0.39 is 15.9 Å². The third-order valence-corrected chi connectivity index (χ3v) is 4.48. The van der Waals surface area contributed by atoms with Gasteiger partial charge in [0.2, 0.25) is 5.91 Å². The minimum atomic E-state index is -3.82. The van der Waals surface area contributed by atoms with E-state index in [1.54, 1.807) is 25.1 Å². The molecule has 21 heavy (non-hydrogen) atoms.